The number of carbonyl (C=O) groups excluding carboxylic acids is 1. The first kappa shape index (κ1) is 21.5. The van der Waals surface area contributed by atoms with E-state index in [1.165, 1.54) is 17.4 Å². The van der Waals surface area contributed by atoms with Crippen LogP contribution in [-0.2, 0) is 21.2 Å². The van der Waals surface area contributed by atoms with Crippen molar-refractivity contribution in [3.63, 3.8) is 0 Å². The van der Waals surface area contributed by atoms with Crippen LogP contribution in [0.4, 0.5) is 9.93 Å². The Morgan fingerprint density at radius 2 is 2.11 bits per heavy atom. The highest BCUT2D eigenvalue weighted by Crippen LogP contribution is 2.26. The average Bonchev–Trinajstić information content (AvgIpc) is 3.04. The number of hydrogen-bond donors (Lipinski definition) is 1. The summed E-state index contributed by atoms with van der Waals surface area (Å²) in [5, 5.41) is 2.42. The van der Waals surface area contributed by atoms with Gasteiger partial charge in [-0.15, -0.1) is 11.3 Å². The van der Waals surface area contributed by atoms with Crippen LogP contribution >= 0.6 is 22.9 Å². The van der Waals surface area contributed by atoms with Gasteiger partial charge in [-0.1, -0.05) is 17.7 Å². The first-order chi connectivity index (χ1) is 12.8. The molecule has 0 bridgehead atoms. The number of anilines is 1. The van der Waals surface area contributed by atoms with Crippen LogP contribution in [0.2, 0.25) is 5.02 Å². The van der Waals surface area contributed by atoms with Gasteiger partial charge in [-0.05, 0) is 38.5 Å². The van der Waals surface area contributed by atoms with Gasteiger partial charge in [-0.3, -0.25) is 4.72 Å². The number of halogens is 1. The van der Waals surface area contributed by atoms with Crippen molar-refractivity contribution in [2.45, 2.75) is 32.1 Å². The van der Waals surface area contributed by atoms with E-state index in [0.717, 1.165) is 0 Å². The van der Waals surface area contributed by atoms with Gasteiger partial charge in [-0.25, -0.2) is 18.2 Å². The van der Waals surface area contributed by atoms with Gasteiger partial charge < -0.3 is 9.64 Å². The van der Waals surface area contributed by atoms with Crippen LogP contribution in [0.5, 0.6) is 0 Å². The molecule has 2 rings (SSSR count). The maximum Gasteiger partial charge on any atom is 0.409 e. The maximum absolute atomic E-state index is 12.6. The molecule has 0 saturated heterocycles. The first-order valence-corrected chi connectivity index (χ1v) is 11.2. The van der Waals surface area contributed by atoms with E-state index in [4.69, 9.17) is 16.3 Å². The van der Waals surface area contributed by atoms with E-state index in [2.05, 4.69) is 9.71 Å². The SMILES string of the molecule is CCOC(=O)N(CC)CCc1csc(NS(=O)(=O)c2cccc(Cl)c2C)n1. The smallest absolute Gasteiger partial charge is 0.409 e. The lowest BCUT2D eigenvalue weighted by Crippen LogP contribution is -2.33. The van der Waals surface area contributed by atoms with Crippen LogP contribution in [0.25, 0.3) is 0 Å². The Labute approximate surface area is 168 Å². The maximum atomic E-state index is 12.6. The molecule has 10 heteroatoms. The number of carbonyl (C=O) groups is 1. The molecular weight excluding hydrogens is 410 g/mol. The van der Waals surface area contributed by atoms with Gasteiger partial charge in [0.15, 0.2) is 5.13 Å². The van der Waals surface area contributed by atoms with Crippen molar-refractivity contribution < 1.29 is 17.9 Å². The largest absolute Gasteiger partial charge is 0.450 e. The number of rotatable bonds is 8. The third-order valence-electron chi connectivity index (χ3n) is 3.83. The van der Waals surface area contributed by atoms with E-state index in [0.29, 0.717) is 42.4 Å². The highest BCUT2D eigenvalue weighted by atomic mass is 35.5. The number of likely N-dealkylation sites (N-methyl/N-ethyl adjacent to an activating group) is 1. The van der Waals surface area contributed by atoms with Gasteiger partial charge >= 0.3 is 6.09 Å². The molecule has 0 saturated carbocycles. The number of nitrogens with one attached hydrogen (secondary N) is 1. The van der Waals surface area contributed by atoms with E-state index >= 15 is 0 Å². The molecule has 148 valence electrons. The molecule has 0 aliphatic heterocycles. The quantitative estimate of drug-likeness (QED) is 0.684. The van der Waals surface area contributed by atoms with Gasteiger partial charge in [0.25, 0.3) is 10.0 Å². The minimum absolute atomic E-state index is 0.117. The Morgan fingerprint density at radius 1 is 1.37 bits per heavy atom. The summed E-state index contributed by atoms with van der Waals surface area (Å²) >= 11 is 7.20. The van der Waals surface area contributed by atoms with Gasteiger partial charge in [0, 0.05) is 29.9 Å². The number of amides is 1. The molecule has 1 aromatic carbocycles. The Hall–Kier alpha value is -1.84. The summed E-state index contributed by atoms with van der Waals surface area (Å²) in [4.78, 5) is 17.8. The van der Waals surface area contributed by atoms with Gasteiger partial charge in [-0.2, -0.15) is 0 Å². The average molecular weight is 432 g/mol. The fourth-order valence-corrected chi connectivity index (χ4v) is 4.86. The minimum Gasteiger partial charge on any atom is -0.450 e. The number of benzene rings is 1. The van der Waals surface area contributed by atoms with E-state index in [-0.39, 0.29) is 16.1 Å². The number of thiazole rings is 1. The van der Waals surface area contributed by atoms with E-state index in [1.807, 2.05) is 6.92 Å². The molecule has 1 amide bonds. The van der Waals surface area contributed by atoms with Crippen LogP contribution in [0, 0.1) is 6.92 Å². The number of aromatic nitrogens is 1. The summed E-state index contributed by atoms with van der Waals surface area (Å²) in [7, 11) is -3.78. The lowest BCUT2D eigenvalue weighted by Gasteiger charge is -2.19. The van der Waals surface area contributed by atoms with Crippen LogP contribution in [0.1, 0.15) is 25.1 Å². The third kappa shape index (κ3) is 5.57. The number of hydrogen-bond acceptors (Lipinski definition) is 6. The summed E-state index contributed by atoms with van der Waals surface area (Å²) in [5.41, 5.74) is 1.18. The van der Waals surface area contributed by atoms with Crippen molar-refractivity contribution in [2.24, 2.45) is 0 Å². The highest BCUT2D eigenvalue weighted by molar-refractivity contribution is 7.93. The summed E-state index contributed by atoms with van der Waals surface area (Å²) in [6, 6.07) is 4.73. The number of ether oxygens (including phenoxy) is 1. The molecule has 0 radical (unpaired) electrons. The Morgan fingerprint density at radius 3 is 2.78 bits per heavy atom. The zero-order chi connectivity index (χ0) is 20.0. The fourth-order valence-electron chi connectivity index (χ4n) is 2.36. The highest BCUT2D eigenvalue weighted by Gasteiger charge is 2.20. The predicted molar refractivity (Wildman–Crippen MR) is 107 cm³/mol. The number of sulfonamides is 1. The van der Waals surface area contributed by atoms with Crippen molar-refractivity contribution in [3.8, 4) is 0 Å². The zero-order valence-corrected chi connectivity index (χ0v) is 17.7. The molecule has 7 nitrogen and oxygen atoms in total. The molecule has 0 spiro atoms. The van der Waals surface area contributed by atoms with E-state index in [1.54, 1.807) is 36.3 Å². The summed E-state index contributed by atoms with van der Waals surface area (Å²) in [6.45, 7) is 6.56. The van der Waals surface area contributed by atoms with Gasteiger partial charge in [0.2, 0.25) is 0 Å². The molecule has 2 aromatic rings. The summed E-state index contributed by atoms with van der Waals surface area (Å²) in [5.74, 6) is 0. The normalized spacial score (nSPS) is 11.3. The molecule has 0 atom stereocenters. The van der Waals surface area contributed by atoms with Crippen molar-refractivity contribution >= 4 is 44.2 Å². The fraction of sp³-hybridized carbons (Fsp3) is 0.412. The minimum atomic E-state index is -3.78. The molecule has 0 aliphatic rings. The van der Waals surface area contributed by atoms with Crippen LogP contribution in [0.15, 0.2) is 28.5 Å². The van der Waals surface area contributed by atoms with Crippen molar-refractivity contribution in [3.05, 3.63) is 39.9 Å². The molecule has 1 heterocycles. The van der Waals surface area contributed by atoms with Crippen LogP contribution in [-0.4, -0.2) is 44.1 Å². The molecule has 1 aromatic heterocycles. The standard InChI is InChI=1S/C17H22ClN3O4S2/c1-4-21(17(22)25-5-2)10-9-13-11-26-16(19-13)20-27(23,24)15-8-6-7-14(18)12(15)3/h6-8,11H,4-5,9-10H2,1-3H3,(H,19,20). The van der Waals surface area contributed by atoms with Crippen molar-refractivity contribution in [1.82, 2.24) is 9.88 Å². The second kappa shape index (κ2) is 9.38. The molecule has 1 N–H and O–H groups in total. The molecular formula is C17H22ClN3O4S2. The summed E-state index contributed by atoms with van der Waals surface area (Å²) < 4.78 is 32.6. The first-order valence-electron chi connectivity index (χ1n) is 8.42. The molecule has 0 fully saturated rings. The number of nitrogens with zero attached hydrogens (tertiary/aromatic N) is 2. The molecule has 27 heavy (non-hydrogen) atoms. The van der Waals surface area contributed by atoms with Crippen LogP contribution in [0.3, 0.4) is 0 Å². The Kier molecular flexibility index (Phi) is 7.46. The summed E-state index contributed by atoms with van der Waals surface area (Å²) in [6.07, 6.45) is 0.133. The second-order valence-electron chi connectivity index (χ2n) is 5.64. The molecule has 0 aliphatic carbocycles. The second-order valence-corrected chi connectivity index (χ2v) is 8.56. The molecule has 0 unspecified atom stereocenters. The monoisotopic (exact) mass is 431 g/mol. The topological polar surface area (TPSA) is 88.6 Å². The lowest BCUT2D eigenvalue weighted by molar-refractivity contribution is 0.109. The van der Waals surface area contributed by atoms with Gasteiger partial charge in [0.05, 0.1) is 17.2 Å². The Bertz CT molecular complexity index is 899. The van der Waals surface area contributed by atoms with E-state index in [9.17, 15) is 13.2 Å². The van der Waals surface area contributed by atoms with Crippen molar-refractivity contribution in [2.75, 3.05) is 24.4 Å². The third-order valence-corrected chi connectivity index (χ3v) is 6.66. The van der Waals surface area contributed by atoms with Crippen molar-refractivity contribution in [1.29, 1.82) is 0 Å². The van der Waals surface area contributed by atoms with Crippen LogP contribution < -0.4 is 4.72 Å². The Balaban J connectivity index is 2.05. The predicted octanol–water partition coefficient (Wildman–Crippen LogP) is 3.93. The zero-order valence-electron chi connectivity index (χ0n) is 15.4. The van der Waals surface area contributed by atoms with E-state index < -0.39 is 10.0 Å². The lowest BCUT2D eigenvalue weighted by atomic mass is 10.2. The van der Waals surface area contributed by atoms with Gasteiger partial charge in [0.1, 0.15) is 0 Å².